The van der Waals surface area contributed by atoms with E-state index in [1.165, 1.54) is 6.33 Å². The van der Waals surface area contributed by atoms with E-state index in [1.54, 1.807) is 30.6 Å². The number of carbonyl (C=O) groups is 1. The highest BCUT2D eigenvalue weighted by Gasteiger charge is 2.11. The fourth-order valence-corrected chi connectivity index (χ4v) is 1.66. The minimum Gasteiger partial charge on any atom is -0.369 e. The Bertz CT molecular complexity index is 559. The average molecular weight is 271 g/mol. The number of hydrogen-bond donors (Lipinski definition) is 2. The van der Waals surface area contributed by atoms with Crippen molar-refractivity contribution in [3.8, 4) is 0 Å². The van der Waals surface area contributed by atoms with Crippen molar-refractivity contribution in [1.29, 1.82) is 0 Å². The van der Waals surface area contributed by atoms with Crippen LogP contribution in [-0.4, -0.2) is 27.4 Å². The molecule has 6 nitrogen and oxygen atoms in total. The summed E-state index contributed by atoms with van der Waals surface area (Å²) in [6.45, 7) is 3.21. The van der Waals surface area contributed by atoms with E-state index in [1.807, 2.05) is 0 Å². The molecule has 1 amide bonds. The first kappa shape index (κ1) is 13.9. The minimum absolute atomic E-state index is 0.171. The van der Waals surface area contributed by atoms with Crippen LogP contribution in [-0.2, 0) is 6.54 Å². The van der Waals surface area contributed by atoms with Gasteiger partial charge in [-0.2, -0.15) is 0 Å². The Morgan fingerprint density at radius 2 is 2.15 bits per heavy atom. The van der Waals surface area contributed by atoms with Crippen molar-refractivity contribution in [2.24, 2.45) is 0 Å². The second-order valence-electron chi connectivity index (χ2n) is 4.21. The van der Waals surface area contributed by atoms with E-state index in [0.29, 0.717) is 17.9 Å². The zero-order valence-electron chi connectivity index (χ0n) is 11.3. The van der Waals surface area contributed by atoms with Gasteiger partial charge in [-0.1, -0.05) is 6.92 Å². The molecule has 0 spiro atoms. The molecule has 0 fully saturated rings. The third kappa shape index (κ3) is 3.74. The molecule has 20 heavy (non-hydrogen) atoms. The molecule has 104 valence electrons. The normalized spacial score (nSPS) is 10.1. The van der Waals surface area contributed by atoms with Gasteiger partial charge in [0, 0.05) is 18.9 Å². The highest BCUT2D eigenvalue weighted by atomic mass is 16.1. The predicted octanol–water partition coefficient (Wildman–Crippen LogP) is 1.62. The first-order valence-corrected chi connectivity index (χ1v) is 6.53. The summed E-state index contributed by atoms with van der Waals surface area (Å²) < 4.78 is 0. The van der Waals surface area contributed by atoms with Crippen molar-refractivity contribution in [1.82, 2.24) is 20.3 Å². The van der Waals surface area contributed by atoms with Crippen LogP contribution in [0.25, 0.3) is 0 Å². The smallest absolute Gasteiger partial charge is 0.255 e. The summed E-state index contributed by atoms with van der Waals surface area (Å²) in [4.78, 5) is 24.3. The largest absolute Gasteiger partial charge is 0.369 e. The predicted molar refractivity (Wildman–Crippen MR) is 76.2 cm³/mol. The van der Waals surface area contributed by atoms with Gasteiger partial charge in [-0.15, -0.1) is 0 Å². The van der Waals surface area contributed by atoms with Gasteiger partial charge < -0.3 is 10.6 Å². The lowest BCUT2D eigenvalue weighted by Gasteiger charge is -2.10. The molecule has 0 aliphatic heterocycles. The number of rotatable bonds is 6. The molecule has 0 unspecified atom stereocenters. The first-order valence-electron chi connectivity index (χ1n) is 6.53. The van der Waals surface area contributed by atoms with Crippen molar-refractivity contribution in [2.75, 3.05) is 11.9 Å². The second kappa shape index (κ2) is 7.18. The van der Waals surface area contributed by atoms with Crippen LogP contribution in [0.4, 0.5) is 5.82 Å². The Morgan fingerprint density at radius 3 is 2.90 bits per heavy atom. The molecule has 2 N–H and O–H groups in total. The summed E-state index contributed by atoms with van der Waals surface area (Å²) in [6, 6.07) is 5.26. The highest BCUT2D eigenvalue weighted by Crippen LogP contribution is 2.11. The molecule has 0 radical (unpaired) electrons. The number of nitrogens with one attached hydrogen (secondary N) is 2. The third-order valence-corrected chi connectivity index (χ3v) is 2.67. The summed E-state index contributed by atoms with van der Waals surface area (Å²) in [5, 5.41) is 5.97. The van der Waals surface area contributed by atoms with Gasteiger partial charge in [0.2, 0.25) is 0 Å². The van der Waals surface area contributed by atoms with Crippen LogP contribution < -0.4 is 10.6 Å². The average Bonchev–Trinajstić information content (AvgIpc) is 2.52. The summed E-state index contributed by atoms with van der Waals surface area (Å²) in [5.74, 6) is 0.435. The lowest BCUT2D eigenvalue weighted by atomic mass is 10.2. The van der Waals surface area contributed by atoms with Gasteiger partial charge in [-0.3, -0.25) is 4.79 Å². The topological polar surface area (TPSA) is 79.8 Å². The molecule has 2 rings (SSSR count). The van der Waals surface area contributed by atoms with E-state index < -0.39 is 0 Å². The van der Waals surface area contributed by atoms with Gasteiger partial charge in [-0.05, 0) is 24.6 Å². The number of aromatic nitrogens is 3. The van der Waals surface area contributed by atoms with Crippen LogP contribution >= 0.6 is 0 Å². The third-order valence-electron chi connectivity index (χ3n) is 2.67. The SMILES string of the molecule is CCCNc1ncccc1C(=O)NCc1ccncn1. The van der Waals surface area contributed by atoms with E-state index in [0.717, 1.165) is 18.7 Å². The van der Waals surface area contributed by atoms with E-state index in [9.17, 15) is 4.79 Å². The quantitative estimate of drug-likeness (QED) is 0.834. The molecule has 6 heteroatoms. The fourth-order valence-electron chi connectivity index (χ4n) is 1.66. The number of hydrogen-bond acceptors (Lipinski definition) is 5. The maximum absolute atomic E-state index is 12.2. The number of nitrogens with zero attached hydrogens (tertiary/aromatic N) is 3. The Labute approximate surface area is 117 Å². The molecular formula is C14H17N5O. The van der Waals surface area contributed by atoms with E-state index in [2.05, 4.69) is 32.5 Å². The summed E-state index contributed by atoms with van der Waals surface area (Å²) in [7, 11) is 0. The minimum atomic E-state index is -0.171. The Hall–Kier alpha value is -2.50. The van der Waals surface area contributed by atoms with Gasteiger partial charge in [0.05, 0.1) is 17.8 Å². The van der Waals surface area contributed by atoms with Crippen molar-refractivity contribution in [2.45, 2.75) is 19.9 Å². The summed E-state index contributed by atoms with van der Waals surface area (Å²) in [5.41, 5.74) is 1.30. The van der Waals surface area contributed by atoms with Crippen molar-refractivity contribution < 1.29 is 4.79 Å². The van der Waals surface area contributed by atoms with Crippen LogP contribution in [0.2, 0.25) is 0 Å². The number of carbonyl (C=O) groups excluding carboxylic acids is 1. The molecule has 2 aromatic heterocycles. The highest BCUT2D eigenvalue weighted by molar-refractivity contribution is 5.98. The lowest BCUT2D eigenvalue weighted by Crippen LogP contribution is -2.24. The van der Waals surface area contributed by atoms with Crippen molar-refractivity contribution >= 4 is 11.7 Å². The van der Waals surface area contributed by atoms with Crippen LogP contribution in [0, 0.1) is 0 Å². The molecule has 0 saturated heterocycles. The summed E-state index contributed by atoms with van der Waals surface area (Å²) >= 11 is 0. The molecule has 0 bridgehead atoms. The summed E-state index contributed by atoms with van der Waals surface area (Å²) in [6.07, 6.45) is 5.74. The van der Waals surface area contributed by atoms with Crippen LogP contribution in [0.5, 0.6) is 0 Å². The molecule has 2 heterocycles. The van der Waals surface area contributed by atoms with Crippen molar-refractivity contribution in [3.63, 3.8) is 0 Å². The van der Waals surface area contributed by atoms with Gasteiger partial charge >= 0.3 is 0 Å². The Balaban J connectivity index is 2.01. The van der Waals surface area contributed by atoms with E-state index in [4.69, 9.17) is 0 Å². The van der Waals surface area contributed by atoms with Crippen LogP contribution in [0.15, 0.2) is 36.9 Å². The van der Waals surface area contributed by atoms with Crippen molar-refractivity contribution in [3.05, 3.63) is 48.2 Å². The van der Waals surface area contributed by atoms with Gasteiger partial charge in [0.15, 0.2) is 0 Å². The molecule has 0 aliphatic carbocycles. The first-order chi connectivity index (χ1) is 9.81. The van der Waals surface area contributed by atoms with Gasteiger partial charge in [0.1, 0.15) is 12.1 Å². The van der Waals surface area contributed by atoms with Gasteiger partial charge in [0.25, 0.3) is 5.91 Å². The van der Waals surface area contributed by atoms with E-state index >= 15 is 0 Å². The maximum Gasteiger partial charge on any atom is 0.255 e. The molecule has 0 aliphatic rings. The van der Waals surface area contributed by atoms with Crippen LogP contribution in [0.3, 0.4) is 0 Å². The number of pyridine rings is 1. The molecule has 0 saturated carbocycles. The van der Waals surface area contributed by atoms with Gasteiger partial charge in [-0.25, -0.2) is 15.0 Å². The Kier molecular flexibility index (Phi) is 5.00. The molecule has 0 atom stereocenters. The number of anilines is 1. The van der Waals surface area contributed by atoms with E-state index in [-0.39, 0.29) is 5.91 Å². The molecule has 2 aromatic rings. The Morgan fingerprint density at radius 1 is 1.25 bits per heavy atom. The monoisotopic (exact) mass is 271 g/mol. The fraction of sp³-hybridized carbons (Fsp3) is 0.286. The second-order valence-corrected chi connectivity index (χ2v) is 4.21. The zero-order chi connectivity index (χ0) is 14.2. The zero-order valence-corrected chi connectivity index (χ0v) is 11.3. The molecule has 0 aromatic carbocycles. The number of amides is 1. The molecular weight excluding hydrogens is 254 g/mol. The maximum atomic E-state index is 12.2. The standard InChI is InChI=1S/C14H17N5O/c1-2-6-16-13-12(4-3-7-17-13)14(20)18-9-11-5-8-15-10-19-11/h3-5,7-8,10H,2,6,9H2,1H3,(H,16,17)(H,18,20). The van der Waals surface area contributed by atoms with Crippen LogP contribution in [0.1, 0.15) is 29.4 Å². The lowest BCUT2D eigenvalue weighted by molar-refractivity contribution is 0.0951.